The summed E-state index contributed by atoms with van der Waals surface area (Å²) in [6, 6.07) is 6.93. The smallest absolute Gasteiger partial charge is 0.240 e. The fourth-order valence-corrected chi connectivity index (χ4v) is 3.28. The summed E-state index contributed by atoms with van der Waals surface area (Å²) >= 11 is 0. The van der Waals surface area contributed by atoms with Crippen molar-refractivity contribution in [1.82, 2.24) is 10.2 Å². The average molecular weight is 258 g/mol. The molecule has 0 aliphatic carbocycles. The highest BCUT2D eigenvalue weighted by Crippen LogP contribution is 2.22. The van der Waals surface area contributed by atoms with Gasteiger partial charge in [-0.15, -0.1) is 0 Å². The van der Waals surface area contributed by atoms with Gasteiger partial charge < -0.3 is 10.2 Å². The van der Waals surface area contributed by atoms with Crippen LogP contribution in [-0.2, 0) is 17.8 Å². The number of benzene rings is 1. The largest absolute Gasteiger partial charge is 0.339 e. The molecule has 102 valence electrons. The van der Waals surface area contributed by atoms with Crippen molar-refractivity contribution in [2.24, 2.45) is 0 Å². The number of fused-ring (bicyclic) bond motifs is 1. The van der Waals surface area contributed by atoms with Crippen molar-refractivity contribution in [3.63, 3.8) is 0 Å². The highest BCUT2D eigenvalue weighted by atomic mass is 16.2. The molecule has 0 radical (unpaired) electrons. The van der Waals surface area contributed by atoms with Crippen LogP contribution >= 0.6 is 0 Å². The maximum absolute atomic E-state index is 12.6. The molecule has 1 aromatic carbocycles. The van der Waals surface area contributed by atoms with Gasteiger partial charge in [0, 0.05) is 19.1 Å². The first-order valence-corrected chi connectivity index (χ1v) is 7.27. The molecule has 2 atom stereocenters. The van der Waals surface area contributed by atoms with E-state index in [1.807, 2.05) is 0 Å². The zero-order valence-electron chi connectivity index (χ0n) is 11.8. The fraction of sp³-hybridized carbons (Fsp3) is 0.562. The first-order chi connectivity index (χ1) is 9.15. The van der Waals surface area contributed by atoms with E-state index in [9.17, 15) is 4.79 Å². The molecule has 1 saturated heterocycles. The molecule has 19 heavy (non-hydrogen) atoms. The standard InChI is InChI=1S/C16H22N2O/c1-11-5-6-13-9-15(17-10-14(13)8-11)16(19)18-7-3-4-12(18)2/h5-6,8,12,15,17H,3-4,7,9-10H2,1-2H3/t12-,15+/m1/s1. The van der Waals surface area contributed by atoms with Crippen LogP contribution in [0.4, 0.5) is 0 Å². The summed E-state index contributed by atoms with van der Waals surface area (Å²) in [6.45, 7) is 6.02. The van der Waals surface area contributed by atoms with Gasteiger partial charge in [-0.3, -0.25) is 4.79 Å². The van der Waals surface area contributed by atoms with Crippen LogP contribution in [0, 0.1) is 6.92 Å². The average Bonchev–Trinajstić information content (AvgIpc) is 2.83. The number of carbonyl (C=O) groups excluding carboxylic acids is 1. The van der Waals surface area contributed by atoms with Gasteiger partial charge in [0.25, 0.3) is 0 Å². The summed E-state index contributed by atoms with van der Waals surface area (Å²) in [4.78, 5) is 14.6. The van der Waals surface area contributed by atoms with Crippen molar-refractivity contribution < 1.29 is 4.79 Å². The van der Waals surface area contributed by atoms with Gasteiger partial charge in [0.2, 0.25) is 5.91 Å². The molecule has 2 heterocycles. The normalized spacial score (nSPS) is 26.3. The SMILES string of the molecule is Cc1ccc2c(c1)CN[C@H](C(=O)N1CCC[C@H]1C)C2. The number of carbonyl (C=O) groups is 1. The van der Waals surface area contributed by atoms with E-state index in [-0.39, 0.29) is 11.9 Å². The Balaban J connectivity index is 1.75. The van der Waals surface area contributed by atoms with Crippen molar-refractivity contribution in [3.8, 4) is 0 Å². The Morgan fingerprint density at radius 3 is 2.95 bits per heavy atom. The summed E-state index contributed by atoms with van der Waals surface area (Å²) < 4.78 is 0. The van der Waals surface area contributed by atoms with E-state index in [1.165, 1.54) is 16.7 Å². The Hall–Kier alpha value is -1.35. The predicted octanol–water partition coefficient (Wildman–Crippen LogP) is 2.02. The number of hydrogen-bond donors (Lipinski definition) is 1. The number of likely N-dealkylation sites (tertiary alicyclic amines) is 1. The van der Waals surface area contributed by atoms with E-state index >= 15 is 0 Å². The Labute approximate surface area is 115 Å². The molecule has 3 rings (SSSR count). The van der Waals surface area contributed by atoms with Gasteiger partial charge in [-0.05, 0) is 44.2 Å². The maximum Gasteiger partial charge on any atom is 0.240 e. The number of amides is 1. The summed E-state index contributed by atoms with van der Waals surface area (Å²) in [6.07, 6.45) is 3.13. The number of nitrogens with zero attached hydrogens (tertiary/aromatic N) is 1. The quantitative estimate of drug-likeness (QED) is 0.836. The molecule has 1 aromatic rings. The van der Waals surface area contributed by atoms with E-state index in [4.69, 9.17) is 0 Å². The van der Waals surface area contributed by atoms with Gasteiger partial charge >= 0.3 is 0 Å². The van der Waals surface area contributed by atoms with Crippen molar-refractivity contribution >= 4 is 5.91 Å². The number of rotatable bonds is 1. The summed E-state index contributed by atoms with van der Waals surface area (Å²) in [5.74, 6) is 0.288. The summed E-state index contributed by atoms with van der Waals surface area (Å²) in [7, 11) is 0. The molecule has 0 saturated carbocycles. The lowest BCUT2D eigenvalue weighted by molar-refractivity contribution is -0.134. The minimum atomic E-state index is -0.0317. The van der Waals surface area contributed by atoms with Crippen LogP contribution in [0.15, 0.2) is 18.2 Å². The van der Waals surface area contributed by atoms with Crippen molar-refractivity contribution in [1.29, 1.82) is 0 Å². The minimum absolute atomic E-state index is 0.0317. The van der Waals surface area contributed by atoms with Gasteiger partial charge in [0.1, 0.15) is 0 Å². The second-order valence-corrected chi connectivity index (χ2v) is 5.93. The lowest BCUT2D eigenvalue weighted by Crippen LogP contribution is -2.50. The molecule has 3 nitrogen and oxygen atoms in total. The third-order valence-corrected chi connectivity index (χ3v) is 4.46. The zero-order chi connectivity index (χ0) is 13.4. The van der Waals surface area contributed by atoms with Crippen LogP contribution in [0.5, 0.6) is 0 Å². The molecular weight excluding hydrogens is 236 g/mol. The molecule has 0 unspecified atom stereocenters. The predicted molar refractivity (Wildman–Crippen MR) is 75.9 cm³/mol. The molecular formula is C16H22N2O. The monoisotopic (exact) mass is 258 g/mol. The second-order valence-electron chi connectivity index (χ2n) is 5.93. The molecule has 1 amide bonds. The molecule has 1 N–H and O–H groups in total. The van der Waals surface area contributed by atoms with E-state index in [1.54, 1.807) is 0 Å². The van der Waals surface area contributed by atoms with E-state index in [0.717, 1.165) is 32.4 Å². The van der Waals surface area contributed by atoms with Crippen LogP contribution in [0.2, 0.25) is 0 Å². The third kappa shape index (κ3) is 2.39. The molecule has 2 aliphatic heterocycles. The van der Waals surface area contributed by atoms with E-state index in [2.05, 4.69) is 42.3 Å². The highest BCUT2D eigenvalue weighted by Gasteiger charge is 2.32. The Morgan fingerprint density at radius 1 is 1.37 bits per heavy atom. The molecule has 0 bridgehead atoms. The molecule has 0 spiro atoms. The van der Waals surface area contributed by atoms with E-state index in [0.29, 0.717) is 6.04 Å². The van der Waals surface area contributed by atoms with Crippen LogP contribution in [0.3, 0.4) is 0 Å². The summed E-state index contributed by atoms with van der Waals surface area (Å²) in [5, 5.41) is 3.41. The first kappa shape index (κ1) is 12.7. The lowest BCUT2D eigenvalue weighted by atomic mass is 9.93. The number of nitrogens with one attached hydrogen (secondary N) is 1. The topological polar surface area (TPSA) is 32.3 Å². The second kappa shape index (κ2) is 4.97. The van der Waals surface area contributed by atoms with Crippen LogP contribution in [0.25, 0.3) is 0 Å². The van der Waals surface area contributed by atoms with Gasteiger partial charge in [-0.2, -0.15) is 0 Å². The van der Waals surface area contributed by atoms with Crippen molar-refractivity contribution in [3.05, 3.63) is 34.9 Å². The summed E-state index contributed by atoms with van der Waals surface area (Å²) in [5.41, 5.74) is 3.96. The molecule has 1 fully saturated rings. The third-order valence-electron chi connectivity index (χ3n) is 4.46. The van der Waals surface area contributed by atoms with Gasteiger partial charge in [-0.1, -0.05) is 23.8 Å². The molecule has 0 aromatic heterocycles. The van der Waals surface area contributed by atoms with Crippen LogP contribution in [0.1, 0.15) is 36.5 Å². The van der Waals surface area contributed by atoms with Gasteiger partial charge in [-0.25, -0.2) is 0 Å². The Morgan fingerprint density at radius 2 is 2.21 bits per heavy atom. The molecule has 2 aliphatic rings. The van der Waals surface area contributed by atoms with E-state index < -0.39 is 0 Å². The number of hydrogen-bond acceptors (Lipinski definition) is 2. The first-order valence-electron chi connectivity index (χ1n) is 7.27. The zero-order valence-corrected chi connectivity index (χ0v) is 11.8. The number of aryl methyl sites for hydroxylation is 1. The van der Waals surface area contributed by atoms with Crippen molar-refractivity contribution in [2.45, 2.75) is 51.7 Å². The van der Waals surface area contributed by atoms with Crippen LogP contribution < -0.4 is 5.32 Å². The van der Waals surface area contributed by atoms with Gasteiger partial charge in [0.15, 0.2) is 0 Å². The Bertz CT molecular complexity index is 498. The molecule has 3 heteroatoms. The van der Waals surface area contributed by atoms with Gasteiger partial charge in [0.05, 0.1) is 6.04 Å². The minimum Gasteiger partial charge on any atom is -0.339 e. The lowest BCUT2D eigenvalue weighted by Gasteiger charge is -2.31. The Kier molecular flexibility index (Phi) is 3.31. The fourth-order valence-electron chi connectivity index (χ4n) is 3.28. The maximum atomic E-state index is 12.6. The van der Waals surface area contributed by atoms with Crippen LogP contribution in [-0.4, -0.2) is 29.4 Å². The van der Waals surface area contributed by atoms with Crippen molar-refractivity contribution in [2.75, 3.05) is 6.54 Å². The highest BCUT2D eigenvalue weighted by molar-refractivity contribution is 5.83.